The number of nitrogens with zero attached hydrogens (tertiary/aromatic N) is 1. The number of aromatic nitrogens is 1. The van der Waals surface area contributed by atoms with Gasteiger partial charge in [-0.3, -0.25) is 4.79 Å². The van der Waals surface area contributed by atoms with Gasteiger partial charge in [-0.25, -0.2) is 4.57 Å². The molecule has 51 heavy (non-hydrogen) atoms. The third-order valence-electron chi connectivity index (χ3n) is 11.4. The van der Waals surface area contributed by atoms with Crippen molar-refractivity contribution in [1.29, 1.82) is 0 Å². The van der Waals surface area contributed by atoms with Crippen molar-refractivity contribution in [1.82, 2.24) is 0 Å². The minimum absolute atomic E-state index is 0. The molecule has 1 aromatic heterocycles. The molecule has 1 atom stereocenters. The summed E-state index contributed by atoms with van der Waals surface area (Å²) in [5.74, 6) is 1.02. The Hall–Kier alpha value is -2.90. The minimum atomic E-state index is -1.99. The van der Waals surface area contributed by atoms with Gasteiger partial charge in [-0.2, -0.15) is 0 Å². The van der Waals surface area contributed by atoms with Gasteiger partial charge in [0.1, 0.15) is 20.8 Å². The first kappa shape index (κ1) is 40.9. The summed E-state index contributed by atoms with van der Waals surface area (Å²) in [5.41, 5.74) is 8.65. The van der Waals surface area contributed by atoms with Crippen LogP contribution in [0.3, 0.4) is 0 Å². The first-order chi connectivity index (χ1) is 23.7. The first-order valence-electron chi connectivity index (χ1n) is 19.0. The van der Waals surface area contributed by atoms with Crippen molar-refractivity contribution in [2.45, 2.75) is 105 Å². The molecule has 0 saturated carbocycles. The van der Waals surface area contributed by atoms with Crippen molar-refractivity contribution < 1.29 is 34.6 Å². The Labute approximate surface area is 323 Å². The number of hydrogen-bond donors (Lipinski definition) is 1. The summed E-state index contributed by atoms with van der Waals surface area (Å²) in [6, 6.07) is 25.9. The smallest absolute Gasteiger partial charge is 0.162 e. The van der Waals surface area contributed by atoms with Gasteiger partial charge in [0.15, 0.2) is 12.0 Å². The summed E-state index contributed by atoms with van der Waals surface area (Å²) in [4.78, 5) is 11.7. The molecule has 2 aliphatic rings. The van der Waals surface area contributed by atoms with Crippen LogP contribution in [-0.4, -0.2) is 27.0 Å². The van der Waals surface area contributed by atoms with Crippen LogP contribution in [0, 0.1) is 17.9 Å². The van der Waals surface area contributed by atoms with Crippen LogP contribution >= 0.6 is 0 Å². The molecule has 6 heteroatoms. The van der Waals surface area contributed by atoms with E-state index in [9.17, 15) is 9.90 Å². The number of aryl methyl sites for hydroxylation is 1. The maximum Gasteiger partial charge on any atom is 0.162 e. The first-order valence-corrected chi connectivity index (χ1v) is 25.2. The molecule has 3 aromatic carbocycles. The molecule has 1 unspecified atom stereocenters. The van der Waals surface area contributed by atoms with Crippen molar-refractivity contribution in [2.75, 3.05) is 0 Å². The molecular formula is C45H59IrNO2Si2. The largest absolute Gasteiger partial charge is 0.512 e. The molecule has 273 valence electrons. The van der Waals surface area contributed by atoms with Crippen molar-refractivity contribution in [3.8, 4) is 11.3 Å². The number of allylic oxidation sites excluding steroid dienone is 2. The van der Waals surface area contributed by atoms with Crippen LogP contribution in [0.4, 0.5) is 0 Å². The van der Waals surface area contributed by atoms with Gasteiger partial charge >= 0.3 is 0 Å². The van der Waals surface area contributed by atoms with E-state index >= 15 is 0 Å². The molecule has 6 rings (SSSR count). The van der Waals surface area contributed by atoms with E-state index in [0.717, 1.165) is 31.7 Å². The van der Waals surface area contributed by atoms with Crippen molar-refractivity contribution in [3.05, 3.63) is 101 Å². The average Bonchev–Trinajstić information content (AvgIpc) is 3.37. The van der Waals surface area contributed by atoms with Crippen molar-refractivity contribution in [2.24, 2.45) is 18.9 Å². The van der Waals surface area contributed by atoms with E-state index in [4.69, 9.17) is 0 Å². The van der Waals surface area contributed by atoms with E-state index in [1.165, 1.54) is 50.0 Å². The number of aliphatic hydroxyl groups excluding tert-OH is 1. The molecule has 0 fully saturated rings. The zero-order valence-electron chi connectivity index (χ0n) is 32.8. The van der Waals surface area contributed by atoms with E-state index in [1.807, 2.05) is 27.7 Å². The molecule has 0 spiro atoms. The average molecular weight is 894 g/mol. The number of benzene rings is 3. The number of pyridine rings is 1. The summed E-state index contributed by atoms with van der Waals surface area (Å²) < 4.78 is 2.36. The number of rotatable bonds is 10. The molecule has 1 N–H and O–H groups in total. The number of carbonyl (C=O) groups is 1. The molecule has 0 bridgehead atoms. The van der Waals surface area contributed by atoms with Gasteiger partial charge in [0.25, 0.3) is 0 Å². The van der Waals surface area contributed by atoms with Gasteiger partial charge in [-0.05, 0) is 58.7 Å². The number of fused-ring (bicyclic) bond motifs is 3. The Morgan fingerprint density at radius 3 is 2.12 bits per heavy atom. The summed E-state index contributed by atoms with van der Waals surface area (Å²) in [6.07, 6.45) is 9.68. The quantitative estimate of drug-likeness (QED) is 0.0567. The SMILES string of the molecule is CC(C)c1c2c([c-]c3ccccc13)-c1c3c(cc[n+]1C)C=C(c1ccc([Si](C)(C)C)cc1)[Si]3(C)C2.CCC(CC)C(=O)/C=C(\O)C(CC)CC.[Ir]. The summed E-state index contributed by atoms with van der Waals surface area (Å²) in [6.45, 7) is 22.7. The van der Waals surface area contributed by atoms with Crippen LogP contribution in [0.5, 0.6) is 0 Å². The molecule has 0 amide bonds. The van der Waals surface area contributed by atoms with Gasteiger partial charge in [-0.15, -0.1) is 28.6 Å². The van der Waals surface area contributed by atoms with E-state index in [2.05, 4.69) is 125 Å². The Morgan fingerprint density at radius 2 is 1.55 bits per heavy atom. The fourth-order valence-electron chi connectivity index (χ4n) is 8.36. The second kappa shape index (κ2) is 16.4. The molecule has 0 saturated heterocycles. The molecule has 2 aliphatic heterocycles. The molecule has 1 radical (unpaired) electrons. The summed E-state index contributed by atoms with van der Waals surface area (Å²) >= 11 is 0. The monoisotopic (exact) mass is 894 g/mol. The topological polar surface area (TPSA) is 41.2 Å². The van der Waals surface area contributed by atoms with Gasteiger partial charge < -0.3 is 5.11 Å². The molecule has 4 aromatic rings. The van der Waals surface area contributed by atoms with E-state index in [-0.39, 0.29) is 43.5 Å². The van der Waals surface area contributed by atoms with Crippen molar-refractivity contribution >= 4 is 54.3 Å². The predicted molar refractivity (Wildman–Crippen MR) is 220 cm³/mol. The van der Waals surface area contributed by atoms with Gasteiger partial charge in [0.05, 0.1) is 13.8 Å². The number of carbonyl (C=O) groups excluding carboxylic acids is 1. The fraction of sp³-hybridized carbons (Fsp3) is 0.422. The molecule has 0 aliphatic carbocycles. The van der Waals surface area contributed by atoms with Crippen LogP contribution in [-0.2, 0) is 38.0 Å². The van der Waals surface area contributed by atoms with E-state index in [0.29, 0.717) is 5.92 Å². The van der Waals surface area contributed by atoms with Crippen LogP contribution < -0.4 is 14.9 Å². The minimum Gasteiger partial charge on any atom is -0.512 e. The molecular weight excluding hydrogens is 835 g/mol. The predicted octanol–water partition coefficient (Wildman–Crippen LogP) is 10.1. The second-order valence-corrected chi connectivity index (χ2v) is 25.2. The van der Waals surface area contributed by atoms with Crippen LogP contribution in [0.25, 0.3) is 33.3 Å². The molecule has 3 heterocycles. The van der Waals surface area contributed by atoms with Gasteiger partial charge in [0, 0.05) is 44.1 Å². The number of hydrogen-bond acceptors (Lipinski definition) is 2. The fourth-order valence-corrected chi connectivity index (χ4v) is 14.1. The molecule has 3 nitrogen and oxygen atoms in total. The van der Waals surface area contributed by atoms with E-state index in [1.54, 1.807) is 15.9 Å². The van der Waals surface area contributed by atoms with E-state index < -0.39 is 16.1 Å². The maximum atomic E-state index is 11.7. The Bertz CT molecular complexity index is 1950. The zero-order valence-corrected chi connectivity index (χ0v) is 37.2. The normalized spacial score (nSPS) is 16.4. The van der Waals surface area contributed by atoms with Gasteiger partial charge in [-0.1, -0.05) is 133 Å². The Kier molecular flexibility index (Phi) is 13.2. The zero-order chi connectivity index (χ0) is 36.5. The van der Waals surface area contributed by atoms with Crippen LogP contribution in [0.2, 0.25) is 26.2 Å². The third-order valence-corrected chi connectivity index (χ3v) is 17.8. The Morgan fingerprint density at radius 1 is 0.941 bits per heavy atom. The number of ketones is 1. The second-order valence-electron chi connectivity index (χ2n) is 16.1. The van der Waals surface area contributed by atoms with Crippen molar-refractivity contribution in [3.63, 3.8) is 0 Å². The maximum absolute atomic E-state index is 11.7. The standard InChI is InChI=1S/C32H35NSi2.C13H24O2.Ir/c1-21(2)30-26-11-9-8-10-23(26)18-27-28(30)20-35(7)29(19-24-16-17-33(3)31(27)32(24)35)22-12-14-25(15-13-22)34(4,5)6;1-5-10(6-2)12(14)9-13(15)11(7-3)8-4;/h8-17,19,21H,20H2,1-7H3;9-11,14H,5-8H2,1-4H3;/b;12-9-;. The summed E-state index contributed by atoms with van der Waals surface area (Å²) in [5, 5.41) is 17.1. The van der Waals surface area contributed by atoms with Crippen LogP contribution in [0.1, 0.15) is 95.4 Å². The Balaban J connectivity index is 0.000000312. The van der Waals surface area contributed by atoms with Gasteiger partial charge in [0.2, 0.25) is 0 Å². The third kappa shape index (κ3) is 7.90. The van der Waals surface area contributed by atoms with Crippen LogP contribution in [0.15, 0.2) is 72.6 Å². The number of aliphatic hydroxyl groups is 1. The summed E-state index contributed by atoms with van der Waals surface area (Å²) in [7, 11) is -1.08.